The van der Waals surface area contributed by atoms with E-state index in [4.69, 9.17) is 14.9 Å². The van der Waals surface area contributed by atoms with Gasteiger partial charge >= 0.3 is 23.2 Å². The number of hydrogen-bond acceptors (Lipinski definition) is 11. The van der Waals surface area contributed by atoms with Gasteiger partial charge in [0.2, 0.25) is 5.71 Å². The van der Waals surface area contributed by atoms with Gasteiger partial charge in [-0.2, -0.15) is 4.98 Å². The van der Waals surface area contributed by atoms with E-state index in [1.54, 1.807) is 6.92 Å². The Morgan fingerprint density at radius 2 is 2.03 bits per heavy atom. The first kappa shape index (κ1) is 21.4. The number of ether oxygens (including phenoxy) is 2. The van der Waals surface area contributed by atoms with Gasteiger partial charge in [-0.25, -0.2) is 14.6 Å². The van der Waals surface area contributed by atoms with E-state index < -0.39 is 28.1 Å². The molecular formula is C18H17N5O8. The van der Waals surface area contributed by atoms with Crippen molar-refractivity contribution in [1.82, 2.24) is 14.5 Å². The van der Waals surface area contributed by atoms with Gasteiger partial charge in [-0.3, -0.25) is 14.9 Å². The number of pyridine rings is 1. The largest absolute Gasteiger partial charge is 0.465 e. The third kappa shape index (κ3) is 3.92. The van der Waals surface area contributed by atoms with Crippen LogP contribution < -0.4 is 11.3 Å². The Kier molecular flexibility index (Phi) is 5.68. The summed E-state index contributed by atoms with van der Waals surface area (Å²) in [6.45, 7) is 2.95. The first-order chi connectivity index (χ1) is 14.7. The SMILES string of the molecule is CCOC(=O)c1c(C)oc2nc(Cn3cc(C(=O)OC)cc([N+](=O)[O-])c3=O)nc(N)c12. The van der Waals surface area contributed by atoms with Crippen molar-refractivity contribution in [1.29, 1.82) is 0 Å². The van der Waals surface area contributed by atoms with Crippen LogP contribution in [0.3, 0.4) is 0 Å². The number of esters is 2. The molecule has 162 valence electrons. The molecule has 0 spiro atoms. The second kappa shape index (κ2) is 8.22. The zero-order valence-electron chi connectivity index (χ0n) is 16.7. The van der Waals surface area contributed by atoms with E-state index in [9.17, 15) is 24.5 Å². The molecule has 3 rings (SSSR count). The molecule has 0 radical (unpaired) electrons. The number of carbonyl (C=O) groups excluding carboxylic acids is 2. The van der Waals surface area contributed by atoms with Crippen LogP contribution >= 0.6 is 0 Å². The Bertz CT molecular complexity index is 1280. The molecule has 3 aromatic heterocycles. The van der Waals surface area contributed by atoms with Gasteiger partial charge in [0, 0.05) is 12.3 Å². The normalized spacial score (nSPS) is 10.8. The van der Waals surface area contributed by atoms with E-state index in [1.807, 2.05) is 0 Å². The number of rotatable bonds is 6. The highest BCUT2D eigenvalue weighted by Gasteiger charge is 2.25. The van der Waals surface area contributed by atoms with E-state index in [1.165, 1.54) is 6.92 Å². The smallest absolute Gasteiger partial charge is 0.342 e. The predicted molar refractivity (Wildman–Crippen MR) is 105 cm³/mol. The fraction of sp³-hybridized carbons (Fsp3) is 0.278. The number of furan rings is 1. The third-order valence-electron chi connectivity index (χ3n) is 4.28. The summed E-state index contributed by atoms with van der Waals surface area (Å²) in [5, 5.41) is 11.4. The lowest BCUT2D eigenvalue weighted by Gasteiger charge is -2.08. The van der Waals surface area contributed by atoms with E-state index in [0.29, 0.717) is 0 Å². The number of nitro groups is 1. The minimum Gasteiger partial charge on any atom is -0.465 e. The molecule has 0 atom stereocenters. The van der Waals surface area contributed by atoms with Crippen LogP contribution in [0.4, 0.5) is 11.5 Å². The molecule has 31 heavy (non-hydrogen) atoms. The van der Waals surface area contributed by atoms with E-state index in [2.05, 4.69) is 14.7 Å². The third-order valence-corrected chi connectivity index (χ3v) is 4.28. The average Bonchev–Trinajstić information content (AvgIpc) is 3.05. The quantitative estimate of drug-likeness (QED) is 0.336. The van der Waals surface area contributed by atoms with Gasteiger partial charge in [-0.05, 0) is 13.8 Å². The van der Waals surface area contributed by atoms with Crippen LogP contribution in [0.1, 0.15) is 39.2 Å². The molecule has 2 N–H and O–H groups in total. The summed E-state index contributed by atoms with van der Waals surface area (Å²) in [4.78, 5) is 55.0. The fourth-order valence-electron chi connectivity index (χ4n) is 2.95. The lowest BCUT2D eigenvalue weighted by Crippen LogP contribution is -2.25. The van der Waals surface area contributed by atoms with Crippen molar-refractivity contribution in [2.45, 2.75) is 20.4 Å². The number of aryl methyl sites for hydroxylation is 1. The molecule has 0 saturated heterocycles. The second-order valence-electron chi connectivity index (χ2n) is 6.25. The first-order valence-electron chi connectivity index (χ1n) is 8.87. The van der Waals surface area contributed by atoms with Crippen LogP contribution in [0.2, 0.25) is 0 Å². The molecule has 0 aliphatic carbocycles. The van der Waals surface area contributed by atoms with Crippen LogP contribution in [0.25, 0.3) is 11.1 Å². The zero-order chi connectivity index (χ0) is 22.9. The molecule has 0 amide bonds. The number of nitrogens with two attached hydrogens (primary N) is 1. The Morgan fingerprint density at radius 1 is 1.32 bits per heavy atom. The van der Waals surface area contributed by atoms with Crippen LogP contribution in [-0.4, -0.2) is 45.1 Å². The Morgan fingerprint density at radius 3 is 2.65 bits per heavy atom. The molecule has 0 aromatic carbocycles. The van der Waals surface area contributed by atoms with E-state index in [-0.39, 0.29) is 52.8 Å². The van der Waals surface area contributed by atoms with Gasteiger partial charge in [0.15, 0.2) is 5.82 Å². The zero-order valence-corrected chi connectivity index (χ0v) is 16.7. The van der Waals surface area contributed by atoms with Crippen LogP contribution in [0.5, 0.6) is 0 Å². The van der Waals surface area contributed by atoms with Crippen LogP contribution in [0, 0.1) is 17.0 Å². The number of methoxy groups -OCH3 is 1. The molecular weight excluding hydrogens is 414 g/mol. The monoisotopic (exact) mass is 431 g/mol. The average molecular weight is 431 g/mol. The summed E-state index contributed by atoms with van der Waals surface area (Å²) >= 11 is 0. The van der Waals surface area contributed by atoms with Crippen LogP contribution in [0.15, 0.2) is 21.5 Å². The molecule has 13 nitrogen and oxygen atoms in total. The van der Waals surface area contributed by atoms with Gasteiger partial charge in [0.25, 0.3) is 0 Å². The Labute approximate surface area is 173 Å². The summed E-state index contributed by atoms with van der Waals surface area (Å²) < 4.78 is 15.9. The van der Waals surface area contributed by atoms with E-state index in [0.717, 1.165) is 23.9 Å². The minimum absolute atomic E-state index is 0.0188. The number of nitrogen functional groups attached to an aromatic ring is 1. The molecule has 0 unspecified atom stereocenters. The van der Waals surface area contributed by atoms with Crippen LogP contribution in [-0.2, 0) is 16.0 Å². The molecule has 3 heterocycles. The molecule has 13 heteroatoms. The lowest BCUT2D eigenvalue weighted by molar-refractivity contribution is -0.386. The van der Waals surface area contributed by atoms with E-state index >= 15 is 0 Å². The number of anilines is 1. The maximum atomic E-state index is 12.4. The molecule has 0 aliphatic rings. The highest BCUT2D eigenvalue weighted by Crippen LogP contribution is 2.29. The van der Waals surface area contributed by atoms with Gasteiger partial charge in [-0.15, -0.1) is 0 Å². The number of aromatic nitrogens is 3. The van der Waals surface area contributed by atoms with Crippen molar-refractivity contribution in [2.75, 3.05) is 19.5 Å². The van der Waals surface area contributed by atoms with Crippen molar-refractivity contribution in [3.05, 3.63) is 55.4 Å². The standard InChI is InChI=1S/C18H17N5O8/c1-4-30-18(26)12-8(2)31-15-13(12)14(19)20-11(21-15)7-22-6-9(17(25)29-3)5-10(16(22)24)23(27)28/h5-6H,4,7H2,1-3H3,(H2,19,20,21). The second-order valence-corrected chi connectivity index (χ2v) is 6.25. The van der Waals surface area contributed by atoms with Gasteiger partial charge in [-0.1, -0.05) is 0 Å². The minimum atomic E-state index is -0.984. The number of hydrogen-bond donors (Lipinski definition) is 1. The van der Waals surface area contributed by atoms with Crippen molar-refractivity contribution in [2.24, 2.45) is 0 Å². The fourth-order valence-corrected chi connectivity index (χ4v) is 2.95. The van der Waals surface area contributed by atoms with Gasteiger partial charge in [0.1, 0.15) is 17.1 Å². The Hall–Kier alpha value is -4.29. The predicted octanol–water partition coefficient (Wildman–Crippen LogP) is 1.19. The summed E-state index contributed by atoms with van der Waals surface area (Å²) in [6.07, 6.45) is 1.09. The van der Waals surface area contributed by atoms with Crippen molar-refractivity contribution in [3.63, 3.8) is 0 Å². The summed E-state index contributed by atoms with van der Waals surface area (Å²) in [5.74, 6) is -1.45. The summed E-state index contributed by atoms with van der Waals surface area (Å²) in [6, 6.07) is 0.824. The molecule has 3 aromatic rings. The number of fused-ring (bicyclic) bond motifs is 1. The molecule has 0 bridgehead atoms. The van der Waals surface area contributed by atoms with Crippen molar-refractivity contribution < 1.29 is 28.4 Å². The molecule has 0 saturated carbocycles. The molecule has 0 aliphatic heterocycles. The van der Waals surface area contributed by atoms with Crippen molar-refractivity contribution >= 4 is 34.5 Å². The first-order valence-corrected chi connectivity index (χ1v) is 8.87. The maximum Gasteiger partial charge on any atom is 0.342 e. The highest BCUT2D eigenvalue weighted by atomic mass is 16.6. The molecule has 0 fully saturated rings. The lowest BCUT2D eigenvalue weighted by atomic mass is 10.2. The summed E-state index contributed by atoms with van der Waals surface area (Å²) in [5.41, 5.74) is 4.04. The highest BCUT2D eigenvalue weighted by molar-refractivity contribution is 6.07. The van der Waals surface area contributed by atoms with Gasteiger partial charge < -0.3 is 24.2 Å². The number of nitrogens with zero attached hydrogens (tertiary/aromatic N) is 4. The summed E-state index contributed by atoms with van der Waals surface area (Å²) in [7, 11) is 1.10. The topological polar surface area (TPSA) is 183 Å². The van der Waals surface area contributed by atoms with Crippen molar-refractivity contribution in [3.8, 4) is 0 Å². The Balaban J connectivity index is 2.11. The maximum absolute atomic E-state index is 12.4. The number of carbonyl (C=O) groups is 2. The van der Waals surface area contributed by atoms with Gasteiger partial charge in [0.05, 0.1) is 36.1 Å².